The fraction of sp³-hybridized carbons (Fsp3) is 0.273. The van der Waals surface area contributed by atoms with Crippen molar-refractivity contribution in [2.24, 2.45) is 0 Å². The molecule has 0 radical (unpaired) electrons. The molecule has 0 aliphatic rings. The van der Waals surface area contributed by atoms with Gasteiger partial charge in [0.1, 0.15) is 6.95 Å². The average molecular weight is 162 g/mol. The van der Waals surface area contributed by atoms with Gasteiger partial charge in [0.15, 0.2) is 0 Å². The van der Waals surface area contributed by atoms with Gasteiger partial charge in [0.05, 0.1) is 6.24 Å². The lowest BCUT2D eigenvalue weighted by atomic mass is 10.0. The number of benzene rings is 1. The molecule has 2 rings (SSSR count). The largest absolute Gasteiger partial charge is 0.464 e. The van der Waals surface area contributed by atoms with Crippen molar-refractivity contribution in [2.45, 2.75) is 19.8 Å². The summed E-state index contributed by atoms with van der Waals surface area (Å²) in [6.45, 7) is 4.16. The third-order valence-electron chi connectivity index (χ3n) is 2.03. The topological polar surface area (TPSA) is 13.1 Å². The second kappa shape index (κ2) is 2.67. The van der Waals surface area contributed by atoms with Crippen molar-refractivity contribution in [1.29, 1.82) is 0 Å². The Kier molecular flexibility index (Phi) is 1.40. The zero-order chi connectivity index (χ0) is 9.42. The normalized spacial score (nSPS) is 12.4. The van der Waals surface area contributed by atoms with Gasteiger partial charge in [-0.25, -0.2) is 0 Å². The van der Waals surface area contributed by atoms with E-state index in [0.29, 0.717) is 12.2 Å². The van der Waals surface area contributed by atoms with E-state index in [0.717, 1.165) is 16.5 Å². The first-order chi connectivity index (χ1) is 6.20. The van der Waals surface area contributed by atoms with E-state index in [4.69, 9.17) is 5.79 Å². The molecule has 0 unspecified atom stereocenters. The number of fused-ring (bicyclic) bond motifs is 1. The summed E-state index contributed by atoms with van der Waals surface area (Å²) in [4.78, 5) is 0. The van der Waals surface area contributed by atoms with Gasteiger partial charge < -0.3 is 4.42 Å². The highest BCUT2D eigenvalue weighted by molar-refractivity contribution is 5.81. The van der Waals surface area contributed by atoms with Crippen LogP contribution in [0.25, 0.3) is 11.0 Å². The highest BCUT2D eigenvalue weighted by Crippen LogP contribution is 2.26. The summed E-state index contributed by atoms with van der Waals surface area (Å²) in [6.07, 6.45) is 0.302. The maximum absolute atomic E-state index is 7.66. The van der Waals surface area contributed by atoms with Crippen LogP contribution in [0.3, 0.4) is 0 Å². The monoisotopic (exact) mass is 162 g/mol. The molecule has 0 aliphatic heterocycles. The maximum Gasteiger partial charge on any atom is 0.134 e. The lowest BCUT2D eigenvalue weighted by Crippen LogP contribution is -1.82. The van der Waals surface area contributed by atoms with Crippen molar-refractivity contribution < 1.29 is 5.79 Å². The molecule has 1 heterocycles. The van der Waals surface area contributed by atoms with Crippen LogP contribution in [0.4, 0.5) is 0 Å². The Labute approximate surface area is 73.4 Å². The molecular weight excluding hydrogens is 148 g/mol. The molecule has 0 amide bonds. The Morgan fingerprint density at radius 1 is 1.33 bits per heavy atom. The number of hydrogen-bond acceptors (Lipinski definition) is 1. The van der Waals surface area contributed by atoms with Crippen LogP contribution < -0.4 is 0 Å². The van der Waals surface area contributed by atoms with Gasteiger partial charge in [0, 0.05) is 10.9 Å². The number of rotatable bonds is 1. The summed E-state index contributed by atoms with van der Waals surface area (Å²) in [5.41, 5.74) is 1.83. The number of para-hydroxylation sites is 1. The Bertz CT molecular complexity index is 429. The fourth-order valence-electron chi connectivity index (χ4n) is 1.37. The first-order valence-electron chi connectivity index (χ1n) is 4.68. The highest BCUT2D eigenvalue weighted by Gasteiger charge is 2.07. The van der Waals surface area contributed by atoms with Crippen molar-refractivity contribution in [3.05, 3.63) is 36.1 Å². The Morgan fingerprint density at radius 2 is 2.08 bits per heavy atom. The molecule has 12 heavy (non-hydrogen) atoms. The second-order valence-corrected chi connectivity index (χ2v) is 3.27. The van der Waals surface area contributed by atoms with E-state index in [1.807, 2.05) is 24.3 Å². The molecule has 62 valence electrons. The molecule has 1 aromatic carbocycles. The van der Waals surface area contributed by atoms with E-state index < -0.39 is 0 Å². The first kappa shape index (κ1) is 6.30. The van der Waals surface area contributed by atoms with Gasteiger partial charge in [-0.05, 0) is 12.0 Å². The van der Waals surface area contributed by atoms with Crippen LogP contribution in [0.15, 0.2) is 34.9 Å². The molecule has 1 heteroatoms. The molecule has 0 N–H and O–H groups in total. The molecule has 0 saturated carbocycles. The molecule has 1 aromatic heterocycles. The minimum Gasteiger partial charge on any atom is -0.464 e. The molecular formula is C11H12O. The van der Waals surface area contributed by atoms with E-state index in [2.05, 4.69) is 13.8 Å². The second-order valence-electron chi connectivity index (χ2n) is 3.27. The van der Waals surface area contributed by atoms with Crippen LogP contribution in [0.2, 0.25) is 0 Å². The Morgan fingerprint density at radius 3 is 2.83 bits per heavy atom. The van der Waals surface area contributed by atoms with Crippen molar-refractivity contribution >= 4 is 11.0 Å². The van der Waals surface area contributed by atoms with Crippen LogP contribution in [-0.2, 0) is 0 Å². The van der Waals surface area contributed by atoms with Gasteiger partial charge in [0.25, 0.3) is 0 Å². The van der Waals surface area contributed by atoms with Crippen LogP contribution in [0.1, 0.15) is 26.7 Å². The summed E-state index contributed by atoms with van der Waals surface area (Å²) in [6, 6.07) is 7.81. The van der Waals surface area contributed by atoms with Crippen molar-refractivity contribution in [3.63, 3.8) is 0 Å². The summed E-state index contributed by atoms with van der Waals surface area (Å²) in [5, 5.41) is 1.07. The van der Waals surface area contributed by atoms with Gasteiger partial charge in [-0.2, -0.15) is 0 Å². The van der Waals surface area contributed by atoms with E-state index in [1.54, 1.807) is 0 Å². The summed E-state index contributed by atoms with van der Waals surface area (Å²) < 4.78 is 13.0. The quantitative estimate of drug-likeness (QED) is 0.625. The van der Waals surface area contributed by atoms with Crippen molar-refractivity contribution in [2.75, 3.05) is 0 Å². The van der Waals surface area contributed by atoms with Crippen LogP contribution in [0.5, 0.6) is 0 Å². The average Bonchev–Trinajstić information content (AvgIpc) is 2.39. The van der Waals surface area contributed by atoms with Gasteiger partial charge in [0.2, 0.25) is 0 Å². The molecule has 0 aliphatic carbocycles. The van der Waals surface area contributed by atoms with Crippen molar-refractivity contribution in [3.8, 4) is 0 Å². The fourth-order valence-corrected chi connectivity index (χ4v) is 1.37. The molecule has 0 saturated heterocycles. The summed E-state index contributed by atoms with van der Waals surface area (Å²) in [7, 11) is 0. The minimum atomic E-state index is 0.302. The minimum absolute atomic E-state index is 0.302. The molecule has 1 nitrogen and oxygen atoms in total. The van der Waals surface area contributed by atoms with E-state index in [1.165, 1.54) is 0 Å². The molecule has 2 aromatic rings. The van der Waals surface area contributed by atoms with Crippen LogP contribution in [0, 0.1) is 0 Å². The third kappa shape index (κ3) is 1.02. The van der Waals surface area contributed by atoms with Gasteiger partial charge in [-0.1, -0.05) is 32.0 Å². The predicted octanol–water partition coefficient (Wildman–Crippen LogP) is 3.56. The SMILES string of the molecule is [3H]c1oc2ccccc2c1C(C)C. The maximum atomic E-state index is 7.66. The van der Waals surface area contributed by atoms with Gasteiger partial charge in [-0.15, -0.1) is 0 Å². The van der Waals surface area contributed by atoms with Gasteiger partial charge >= 0.3 is 0 Å². The smallest absolute Gasteiger partial charge is 0.134 e. The first-order valence-corrected chi connectivity index (χ1v) is 4.18. The molecule has 0 spiro atoms. The van der Waals surface area contributed by atoms with Crippen LogP contribution >= 0.6 is 0 Å². The Balaban J connectivity index is 2.78. The highest BCUT2D eigenvalue weighted by atomic mass is 16.3. The summed E-state index contributed by atoms with van der Waals surface area (Å²) >= 11 is 0. The predicted molar refractivity (Wildman–Crippen MR) is 50.3 cm³/mol. The zero-order valence-electron chi connectivity index (χ0n) is 8.29. The number of furan rings is 1. The van der Waals surface area contributed by atoms with Crippen molar-refractivity contribution in [1.82, 2.24) is 0 Å². The zero-order valence-corrected chi connectivity index (χ0v) is 7.29. The van der Waals surface area contributed by atoms with Gasteiger partial charge in [-0.3, -0.25) is 0 Å². The van der Waals surface area contributed by atoms with E-state index in [-0.39, 0.29) is 0 Å². The van der Waals surface area contributed by atoms with E-state index >= 15 is 0 Å². The lowest BCUT2D eigenvalue weighted by Gasteiger charge is -1.99. The summed E-state index contributed by atoms with van der Waals surface area (Å²) in [5.74, 6) is 0.344. The standard InChI is InChI=1S/C11H12O/c1-8(2)10-7-12-11-6-4-3-5-9(10)11/h3-8H,1-2H3/i7T. The van der Waals surface area contributed by atoms with Crippen LogP contribution in [-0.4, -0.2) is 0 Å². The molecule has 0 bridgehead atoms. The molecule has 0 fully saturated rings. The third-order valence-corrected chi connectivity index (χ3v) is 2.03. The molecule has 0 atom stereocenters. The Hall–Kier alpha value is -1.24. The number of hydrogen-bond donors (Lipinski definition) is 0. The van der Waals surface area contributed by atoms with E-state index in [9.17, 15) is 0 Å². The lowest BCUT2D eigenvalue weighted by molar-refractivity contribution is 0.606.